The molecular weight excluding hydrogens is 214 g/mol. The van der Waals surface area contributed by atoms with Gasteiger partial charge in [0.2, 0.25) is 5.91 Å². The Hall–Kier alpha value is -0.610. The lowest BCUT2D eigenvalue weighted by Crippen LogP contribution is -2.55. The first-order chi connectivity index (χ1) is 8.09. The monoisotopic (exact) mass is 239 g/mol. The van der Waals surface area contributed by atoms with Crippen molar-refractivity contribution in [3.8, 4) is 0 Å². The number of carbonyl (C=O) groups excluding carboxylic acids is 1. The molecule has 2 heterocycles. The highest BCUT2D eigenvalue weighted by Gasteiger charge is 2.32. The molecule has 4 nitrogen and oxygen atoms in total. The molecule has 0 aromatic carbocycles. The maximum Gasteiger partial charge on any atom is 0.225 e. The quantitative estimate of drug-likeness (QED) is 0.774. The Labute approximate surface area is 104 Å². The van der Waals surface area contributed by atoms with Crippen LogP contribution in [0.25, 0.3) is 0 Å². The van der Waals surface area contributed by atoms with Gasteiger partial charge in [0.15, 0.2) is 0 Å². The van der Waals surface area contributed by atoms with Crippen molar-refractivity contribution in [2.75, 3.05) is 39.3 Å². The van der Waals surface area contributed by atoms with Gasteiger partial charge in [0.25, 0.3) is 0 Å². The summed E-state index contributed by atoms with van der Waals surface area (Å²) in [4.78, 5) is 16.8. The standard InChI is InChI=1S/C13H25N3O/c1-10(2)15-4-6-16(7-5-15)13(17)11(3)12-8-14-9-12/h10-12,14H,4-9H2,1-3H3. The molecule has 2 saturated heterocycles. The second-order valence-corrected chi connectivity index (χ2v) is 5.66. The van der Waals surface area contributed by atoms with E-state index in [9.17, 15) is 4.79 Å². The van der Waals surface area contributed by atoms with Gasteiger partial charge in [-0.2, -0.15) is 0 Å². The van der Waals surface area contributed by atoms with Gasteiger partial charge in [0, 0.05) is 38.1 Å². The van der Waals surface area contributed by atoms with E-state index in [1.54, 1.807) is 0 Å². The number of rotatable bonds is 3. The topological polar surface area (TPSA) is 35.6 Å². The minimum Gasteiger partial charge on any atom is -0.340 e. The maximum absolute atomic E-state index is 12.3. The Kier molecular flexibility index (Phi) is 4.05. The van der Waals surface area contributed by atoms with Crippen LogP contribution in [-0.4, -0.2) is 61.0 Å². The second kappa shape index (κ2) is 5.36. The van der Waals surface area contributed by atoms with E-state index < -0.39 is 0 Å². The molecule has 0 saturated carbocycles. The number of nitrogens with one attached hydrogen (secondary N) is 1. The number of hydrogen-bond acceptors (Lipinski definition) is 3. The molecule has 17 heavy (non-hydrogen) atoms. The van der Waals surface area contributed by atoms with Gasteiger partial charge >= 0.3 is 0 Å². The first-order valence-corrected chi connectivity index (χ1v) is 6.83. The van der Waals surface area contributed by atoms with Crippen molar-refractivity contribution >= 4 is 5.91 Å². The third-order valence-corrected chi connectivity index (χ3v) is 4.27. The molecule has 0 bridgehead atoms. The number of hydrogen-bond donors (Lipinski definition) is 1. The van der Waals surface area contributed by atoms with Crippen LogP contribution >= 0.6 is 0 Å². The van der Waals surface area contributed by atoms with Gasteiger partial charge in [-0.1, -0.05) is 6.92 Å². The molecule has 2 rings (SSSR count). The summed E-state index contributed by atoms with van der Waals surface area (Å²) in [5, 5.41) is 3.24. The van der Waals surface area contributed by atoms with E-state index in [-0.39, 0.29) is 5.92 Å². The minimum atomic E-state index is 0.196. The van der Waals surface area contributed by atoms with Gasteiger partial charge < -0.3 is 10.2 Å². The van der Waals surface area contributed by atoms with Crippen LogP contribution in [0.4, 0.5) is 0 Å². The van der Waals surface area contributed by atoms with Crippen LogP contribution in [0.2, 0.25) is 0 Å². The molecule has 0 radical (unpaired) electrons. The predicted octanol–water partition coefficient (Wildman–Crippen LogP) is 0.395. The highest BCUT2D eigenvalue weighted by Crippen LogP contribution is 2.19. The van der Waals surface area contributed by atoms with Gasteiger partial charge in [0.05, 0.1) is 0 Å². The van der Waals surface area contributed by atoms with E-state index in [1.807, 2.05) is 0 Å². The zero-order chi connectivity index (χ0) is 12.4. The molecule has 98 valence electrons. The minimum absolute atomic E-state index is 0.196. The summed E-state index contributed by atoms with van der Waals surface area (Å²) in [6.07, 6.45) is 0. The lowest BCUT2D eigenvalue weighted by Gasteiger charge is -2.40. The average Bonchev–Trinajstić information content (AvgIpc) is 2.25. The zero-order valence-electron chi connectivity index (χ0n) is 11.3. The molecule has 2 fully saturated rings. The fourth-order valence-corrected chi connectivity index (χ4v) is 2.61. The van der Waals surface area contributed by atoms with Gasteiger partial charge in [-0.3, -0.25) is 9.69 Å². The summed E-state index contributed by atoms with van der Waals surface area (Å²) in [5.74, 6) is 1.12. The van der Waals surface area contributed by atoms with E-state index in [0.29, 0.717) is 17.9 Å². The van der Waals surface area contributed by atoms with Crippen LogP contribution in [-0.2, 0) is 4.79 Å². The predicted molar refractivity (Wildman–Crippen MR) is 68.8 cm³/mol. The van der Waals surface area contributed by atoms with E-state index in [4.69, 9.17) is 0 Å². The number of amides is 1. The third-order valence-electron chi connectivity index (χ3n) is 4.27. The van der Waals surface area contributed by atoms with Gasteiger partial charge in [-0.15, -0.1) is 0 Å². The number of carbonyl (C=O) groups is 1. The lowest BCUT2D eigenvalue weighted by atomic mass is 9.88. The van der Waals surface area contributed by atoms with Crippen LogP contribution in [0.1, 0.15) is 20.8 Å². The smallest absolute Gasteiger partial charge is 0.225 e. The molecule has 0 aliphatic carbocycles. The van der Waals surface area contributed by atoms with Gasteiger partial charge in [-0.25, -0.2) is 0 Å². The Morgan fingerprint density at radius 2 is 1.71 bits per heavy atom. The molecule has 4 heteroatoms. The van der Waals surface area contributed by atoms with E-state index in [0.717, 1.165) is 39.3 Å². The van der Waals surface area contributed by atoms with Crippen LogP contribution in [0.15, 0.2) is 0 Å². The van der Waals surface area contributed by atoms with Crippen molar-refractivity contribution in [1.29, 1.82) is 0 Å². The molecular formula is C13H25N3O. The van der Waals surface area contributed by atoms with Crippen LogP contribution in [0.5, 0.6) is 0 Å². The van der Waals surface area contributed by atoms with E-state index in [2.05, 4.69) is 35.9 Å². The molecule has 1 atom stereocenters. The summed E-state index contributed by atoms with van der Waals surface area (Å²) in [6.45, 7) is 12.4. The van der Waals surface area contributed by atoms with E-state index in [1.165, 1.54) is 0 Å². The SMILES string of the molecule is CC(C(=O)N1CCN(C(C)C)CC1)C1CNC1. The summed E-state index contributed by atoms with van der Waals surface area (Å²) in [6, 6.07) is 0.598. The normalized spacial score (nSPS) is 24.8. The van der Waals surface area contributed by atoms with Crippen LogP contribution in [0, 0.1) is 11.8 Å². The summed E-state index contributed by atoms with van der Waals surface area (Å²) < 4.78 is 0. The summed E-state index contributed by atoms with van der Waals surface area (Å²) in [5.41, 5.74) is 0. The van der Waals surface area contributed by atoms with Crippen molar-refractivity contribution in [1.82, 2.24) is 15.1 Å². The number of nitrogens with zero attached hydrogens (tertiary/aromatic N) is 2. The van der Waals surface area contributed by atoms with Crippen molar-refractivity contribution in [3.05, 3.63) is 0 Å². The fourth-order valence-electron chi connectivity index (χ4n) is 2.61. The molecule has 1 unspecified atom stereocenters. The largest absolute Gasteiger partial charge is 0.340 e. The molecule has 0 spiro atoms. The van der Waals surface area contributed by atoms with Gasteiger partial charge in [0.1, 0.15) is 0 Å². The second-order valence-electron chi connectivity index (χ2n) is 5.66. The van der Waals surface area contributed by atoms with Crippen LogP contribution in [0.3, 0.4) is 0 Å². The van der Waals surface area contributed by atoms with Crippen molar-refractivity contribution in [2.45, 2.75) is 26.8 Å². The molecule has 0 aromatic heterocycles. The molecule has 0 aromatic rings. The molecule has 2 aliphatic heterocycles. The highest BCUT2D eigenvalue weighted by molar-refractivity contribution is 5.79. The first-order valence-electron chi connectivity index (χ1n) is 6.83. The van der Waals surface area contributed by atoms with Crippen molar-refractivity contribution < 1.29 is 4.79 Å². The number of piperazine rings is 1. The summed E-state index contributed by atoms with van der Waals surface area (Å²) in [7, 11) is 0. The van der Waals surface area contributed by atoms with Gasteiger partial charge in [-0.05, 0) is 32.9 Å². The average molecular weight is 239 g/mol. The highest BCUT2D eigenvalue weighted by atomic mass is 16.2. The first kappa shape index (κ1) is 12.8. The fraction of sp³-hybridized carbons (Fsp3) is 0.923. The molecule has 1 amide bonds. The van der Waals surface area contributed by atoms with Crippen molar-refractivity contribution in [3.63, 3.8) is 0 Å². The Bertz CT molecular complexity index is 268. The molecule has 2 aliphatic rings. The maximum atomic E-state index is 12.3. The third kappa shape index (κ3) is 2.80. The molecule has 1 N–H and O–H groups in total. The Morgan fingerprint density at radius 1 is 1.12 bits per heavy atom. The Morgan fingerprint density at radius 3 is 2.12 bits per heavy atom. The Balaban J connectivity index is 1.81. The van der Waals surface area contributed by atoms with Crippen LogP contribution < -0.4 is 5.32 Å². The van der Waals surface area contributed by atoms with E-state index >= 15 is 0 Å². The lowest BCUT2D eigenvalue weighted by molar-refractivity contribution is -0.139. The summed E-state index contributed by atoms with van der Waals surface area (Å²) >= 11 is 0. The zero-order valence-corrected chi connectivity index (χ0v) is 11.3. The van der Waals surface area contributed by atoms with Crippen molar-refractivity contribution in [2.24, 2.45) is 11.8 Å².